The van der Waals surface area contributed by atoms with Crippen LogP contribution in [-0.2, 0) is 9.59 Å². The van der Waals surface area contributed by atoms with E-state index in [1.165, 1.54) is 6.92 Å². The van der Waals surface area contributed by atoms with Crippen molar-refractivity contribution in [1.29, 1.82) is 0 Å². The van der Waals surface area contributed by atoms with Gasteiger partial charge in [0.2, 0.25) is 5.60 Å². The van der Waals surface area contributed by atoms with Gasteiger partial charge in [0, 0.05) is 0 Å². The van der Waals surface area contributed by atoms with E-state index >= 15 is 0 Å². The molecule has 82 valence electrons. The summed E-state index contributed by atoms with van der Waals surface area (Å²) < 4.78 is 0. The molecule has 6 heteroatoms. The van der Waals surface area contributed by atoms with Crippen LogP contribution in [0.3, 0.4) is 0 Å². The first kappa shape index (κ1) is 12.9. The molecule has 14 heavy (non-hydrogen) atoms. The molecule has 0 aromatic heterocycles. The number of aliphatic hydroxyl groups is 2. The van der Waals surface area contributed by atoms with Crippen LogP contribution in [0.4, 0.5) is 0 Å². The van der Waals surface area contributed by atoms with E-state index in [0.717, 1.165) is 0 Å². The lowest BCUT2D eigenvalue weighted by molar-refractivity contribution is -0.191. The predicted octanol–water partition coefficient (Wildman–Crippen LogP) is -0.706. The molecule has 0 saturated heterocycles. The molecular weight excluding hydrogens is 192 g/mol. The fourth-order valence-corrected chi connectivity index (χ4v) is 1.10. The lowest BCUT2D eigenvalue weighted by Gasteiger charge is -2.31. The Morgan fingerprint density at radius 2 is 1.79 bits per heavy atom. The van der Waals surface area contributed by atoms with Crippen LogP contribution in [0.25, 0.3) is 0 Å². The molecule has 0 aromatic rings. The number of hydrogen-bond donors (Lipinski definition) is 4. The van der Waals surface area contributed by atoms with Crippen molar-refractivity contribution in [2.45, 2.75) is 32.0 Å². The van der Waals surface area contributed by atoms with E-state index in [-0.39, 0.29) is 6.42 Å². The normalized spacial score (nSPS) is 19.4. The van der Waals surface area contributed by atoms with Crippen molar-refractivity contribution in [3.05, 3.63) is 0 Å². The Labute approximate surface area is 80.8 Å². The van der Waals surface area contributed by atoms with Crippen LogP contribution in [-0.4, -0.2) is 44.1 Å². The molecule has 0 bridgehead atoms. The van der Waals surface area contributed by atoms with E-state index < -0.39 is 29.6 Å². The van der Waals surface area contributed by atoms with Crippen molar-refractivity contribution >= 4 is 11.9 Å². The summed E-state index contributed by atoms with van der Waals surface area (Å²) in [7, 11) is 0. The van der Waals surface area contributed by atoms with Crippen molar-refractivity contribution in [1.82, 2.24) is 0 Å². The summed E-state index contributed by atoms with van der Waals surface area (Å²) in [6.45, 7) is 2.95. The minimum Gasteiger partial charge on any atom is -0.479 e. The molecule has 0 amide bonds. The van der Waals surface area contributed by atoms with E-state index in [2.05, 4.69) is 0 Å². The molecule has 0 heterocycles. The monoisotopic (exact) mass is 206 g/mol. The Kier molecular flexibility index (Phi) is 4.03. The molecule has 0 aliphatic rings. The van der Waals surface area contributed by atoms with Crippen LogP contribution in [0, 0.1) is 5.92 Å². The molecular formula is C8H14O6. The minimum atomic E-state index is -2.64. The smallest absolute Gasteiger partial charge is 0.339 e. The molecule has 0 rings (SSSR count). The number of aliphatic hydroxyl groups excluding tert-OH is 1. The first-order chi connectivity index (χ1) is 6.28. The van der Waals surface area contributed by atoms with Crippen molar-refractivity contribution < 1.29 is 30.0 Å². The highest BCUT2D eigenvalue weighted by Gasteiger charge is 2.51. The maximum atomic E-state index is 10.7. The van der Waals surface area contributed by atoms with Crippen LogP contribution in [0.15, 0.2) is 0 Å². The summed E-state index contributed by atoms with van der Waals surface area (Å²) in [4.78, 5) is 21.1. The highest BCUT2D eigenvalue weighted by Crippen LogP contribution is 2.25. The Morgan fingerprint density at radius 1 is 1.36 bits per heavy atom. The average Bonchev–Trinajstić information content (AvgIpc) is 2.13. The van der Waals surface area contributed by atoms with Gasteiger partial charge in [0.25, 0.3) is 0 Å². The van der Waals surface area contributed by atoms with Gasteiger partial charge in [0.05, 0.1) is 0 Å². The molecule has 6 nitrogen and oxygen atoms in total. The maximum absolute atomic E-state index is 10.7. The second-order valence-corrected chi connectivity index (χ2v) is 3.18. The van der Waals surface area contributed by atoms with Crippen LogP contribution in [0.2, 0.25) is 0 Å². The van der Waals surface area contributed by atoms with E-state index in [0.29, 0.717) is 0 Å². The van der Waals surface area contributed by atoms with Crippen molar-refractivity contribution in [2.24, 2.45) is 5.92 Å². The summed E-state index contributed by atoms with van der Waals surface area (Å²) in [5, 5.41) is 35.8. The Hall–Kier alpha value is -1.14. The molecule has 0 fully saturated rings. The van der Waals surface area contributed by atoms with Crippen molar-refractivity contribution in [2.75, 3.05) is 0 Å². The van der Waals surface area contributed by atoms with E-state index in [1.54, 1.807) is 6.92 Å². The summed E-state index contributed by atoms with van der Waals surface area (Å²) in [5.74, 6) is -4.34. The summed E-state index contributed by atoms with van der Waals surface area (Å²) in [5.41, 5.74) is -2.64. The van der Waals surface area contributed by atoms with E-state index in [4.69, 9.17) is 15.3 Å². The van der Waals surface area contributed by atoms with Gasteiger partial charge in [-0.3, -0.25) is 0 Å². The molecule has 3 unspecified atom stereocenters. The highest BCUT2D eigenvalue weighted by atomic mass is 16.4. The predicted molar refractivity (Wildman–Crippen MR) is 45.7 cm³/mol. The Balaban J connectivity index is 5.09. The molecule has 3 atom stereocenters. The summed E-state index contributed by atoms with van der Waals surface area (Å²) in [6.07, 6.45) is -2.08. The van der Waals surface area contributed by atoms with Crippen LogP contribution < -0.4 is 0 Å². The number of carboxylic acids is 2. The largest absolute Gasteiger partial charge is 0.479 e. The Morgan fingerprint density at radius 3 is 2.00 bits per heavy atom. The number of carbonyl (C=O) groups is 2. The SMILES string of the molecule is CCC(C)C(O)(C(=O)O)C(O)C(=O)O. The number of carboxylic acid groups (broad SMARTS) is 2. The van der Waals surface area contributed by atoms with Gasteiger partial charge in [-0.2, -0.15) is 0 Å². The van der Waals surface area contributed by atoms with Crippen LogP contribution in [0.5, 0.6) is 0 Å². The van der Waals surface area contributed by atoms with Gasteiger partial charge >= 0.3 is 11.9 Å². The summed E-state index contributed by atoms with van der Waals surface area (Å²) >= 11 is 0. The molecule has 0 aliphatic heterocycles. The highest BCUT2D eigenvalue weighted by molar-refractivity contribution is 5.87. The third kappa shape index (κ3) is 2.02. The number of rotatable bonds is 5. The van der Waals surface area contributed by atoms with E-state index in [1.807, 2.05) is 0 Å². The topological polar surface area (TPSA) is 115 Å². The molecule has 0 saturated carbocycles. The van der Waals surface area contributed by atoms with Gasteiger partial charge in [0.15, 0.2) is 6.10 Å². The van der Waals surface area contributed by atoms with Gasteiger partial charge in [-0.05, 0) is 5.92 Å². The second-order valence-electron chi connectivity index (χ2n) is 3.18. The fraction of sp³-hybridized carbons (Fsp3) is 0.750. The first-order valence-corrected chi connectivity index (χ1v) is 4.15. The van der Waals surface area contributed by atoms with Gasteiger partial charge in [-0.15, -0.1) is 0 Å². The summed E-state index contributed by atoms with van der Waals surface area (Å²) in [6, 6.07) is 0. The number of aliphatic carboxylic acids is 2. The minimum absolute atomic E-state index is 0.243. The maximum Gasteiger partial charge on any atom is 0.339 e. The zero-order chi connectivity index (χ0) is 11.5. The molecule has 4 N–H and O–H groups in total. The third-order valence-electron chi connectivity index (χ3n) is 2.36. The lowest BCUT2D eigenvalue weighted by Crippen LogP contribution is -2.57. The fourth-order valence-electron chi connectivity index (χ4n) is 1.10. The van der Waals surface area contributed by atoms with Gasteiger partial charge < -0.3 is 20.4 Å². The van der Waals surface area contributed by atoms with Gasteiger partial charge in [-0.25, -0.2) is 9.59 Å². The quantitative estimate of drug-likeness (QED) is 0.472. The van der Waals surface area contributed by atoms with Crippen LogP contribution >= 0.6 is 0 Å². The molecule has 0 radical (unpaired) electrons. The standard InChI is InChI=1S/C8H14O6/c1-3-4(2)8(14,7(12)13)5(9)6(10)11/h4-5,9,14H,3H2,1-2H3,(H,10,11)(H,12,13). The second kappa shape index (κ2) is 4.39. The van der Waals surface area contributed by atoms with Crippen molar-refractivity contribution in [3.63, 3.8) is 0 Å². The van der Waals surface area contributed by atoms with E-state index in [9.17, 15) is 14.7 Å². The van der Waals surface area contributed by atoms with Crippen molar-refractivity contribution in [3.8, 4) is 0 Å². The average molecular weight is 206 g/mol. The molecule has 0 aliphatic carbocycles. The Bertz CT molecular complexity index is 238. The lowest BCUT2D eigenvalue weighted by atomic mass is 9.82. The molecule has 0 spiro atoms. The van der Waals surface area contributed by atoms with Gasteiger partial charge in [0.1, 0.15) is 0 Å². The zero-order valence-electron chi connectivity index (χ0n) is 7.97. The third-order valence-corrected chi connectivity index (χ3v) is 2.36. The van der Waals surface area contributed by atoms with Crippen LogP contribution in [0.1, 0.15) is 20.3 Å². The molecule has 0 aromatic carbocycles. The van der Waals surface area contributed by atoms with Gasteiger partial charge in [-0.1, -0.05) is 20.3 Å². The number of hydrogen-bond acceptors (Lipinski definition) is 4. The zero-order valence-corrected chi connectivity index (χ0v) is 7.97. The first-order valence-electron chi connectivity index (χ1n) is 4.15.